The zero-order valence-corrected chi connectivity index (χ0v) is 13.1. The van der Waals surface area contributed by atoms with Crippen LogP contribution in [-0.2, 0) is 12.4 Å². The molecule has 1 unspecified atom stereocenters. The van der Waals surface area contributed by atoms with Gasteiger partial charge in [-0.3, -0.25) is 4.90 Å². The third-order valence-corrected chi connectivity index (χ3v) is 4.58. The Balaban J connectivity index is 2.04. The number of aryl methyl sites for hydroxylation is 1. The van der Waals surface area contributed by atoms with Crippen LogP contribution < -0.4 is 0 Å². The Bertz CT molecular complexity index is 538. The van der Waals surface area contributed by atoms with Gasteiger partial charge in [0, 0.05) is 11.9 Å². The summed E-state index contributed by atoms with van der Waals surface area (Å²) >= 11 is 7.49. The van der Waals surface area contributed by atoms with Gasteiger partial charge in [-0.1, -0.05) is 29.8 Å². The Labute approximate surface area is 124 Å². The van der Waals surface area contributed by atoms with Crippen molar-refractivity contribution in [2.24, 2.45) is 0 Å². The summed E-state index contributed by atoms with van der Waals surface area (Å²) in [4.78, 5) is 6.86. The second-order valence-corrected chi connectivity index (χ2v) is 6.05. The molecule has 2 aromatic rings. The van der Waals surface area contributed by atoms with Crippen LogP contribution in [0.25, 0.3) is 0 Å². The van der Waals surface area contributed by atoms with E-state index in [1.807, 2.05) is 5.38 Å². The third kappa shape index (κ3) is 3.78. The van der Waals surface area contributed by atoms with E-state index in [2.05, 4.69) is 55.0 Å². The van der Waals surface area contributed by atoms with Crippen LogP contribution in [0.3, 0.4) is 0 Å². The van der Waals surface area contributed by atoms with E-state index in [-0.39, 0.29) is 0 Å². The Kier molecular flexibility index (Phi) is 4.97. The summed E-state index contributed by atoms with van der Waals surface area (Å²) in [6.45, 7) is 5.24. The van der Waals surface area contributed by atoms with Gasteiger partial charge in [0.1, 0.15) is 5.01 Å². The summed E-state index contributed by atoms with van der Waals surface area (Å²) in [6.07, 6.45) is 0. The highest BCUT2D eigenvalue weighted by Crippen LogP contribution is 2.24. The van der Waals surface area contributed by atoms with Gasteiger partial charge in [0.15, 0.2) is 0 Å². The van der Waals surface area contributed by atoms with Crippen molar-refractivity contribution in [1.82, 2.24) is 9.88 Å². The predicted molar refractivity (Wildman–Crippen MR) is 82.7 cm³/mol. The van der Waals surface area contributed by atoms with Crippen molar-refractivity contribution in [3.8, 4) is 0 Å². The zero-order valence-electron chi connectivity index (χ0n) is 11.6. The molecule has 0 aliphatic heterocycles. The summed E-state index contributed by atoms with van der Waals surface area (Å²) in [5.74, 6) is 0.491. The summed E-state index contributed by atoms with van der Waals surface area (Å²) < 4.78 is 0. The normalized spacial score (nSPS) is 12.9. The van der Waals surface area contributed by atoms with Crippen LogP contribution in [0.5, 0.6) is 0 Å². The lowest BCUT2D eigenvalue weighted by atomic mass is 10.1. The molecule has 0 amide bonds. The topological polar surface area (TPSA) is 16.1 Å². The molecule has 0 fully saturated rings. The predicted octanol–water partition coefficient (Wildman–Crippen LogP) is 4.38. The average Bonchev–Trinajstić information content (AvgIpc) is 2.86. The van der Waals surface area contributed by atoms with E-state index in [1.165, 1.54) is 11.1 Å². The molecule has 0 aliphatic rings. The van der Waals surface area contributed by atoms with Gasteiger partial charge in [-0.15, -0.1) is 22.9 Å². The third-order valence-electron chi connectivity index (χ3n) is 3.24. The second-order valence-electron chi connectivity index (χ2n) is 4.89. The van der Waals surface area contributed by atoms with Gasteiger partial charge in [-0.25, -0.2) is 4.98 Å². The smallest absolute Gasteiger partial charge is 0.110 e. The fraction of sp³-hybridized carbons (Fsp3) is 0.400. The Hall–Kier alpha value is -0.900. The van der Waals surface area contributed by atoms with Crippen molar-refractivity contribution in [3.05, 3.63) is 51.5 Å². The van der Waals surface area contributed by atoms with Gasteiger partial charge in [-0.05, 0) is 26.5 Å². The van der Waals surface area contributed by atoms with Gasteiger partial charge in [0.25, 0.3) is 0 Å². The minimum absolute atomic E-state index is 0.308. The van der Waals surface area contributed by atoms with Crippen LogP contribution in [0.2, 0.25) is 0 Å². The first-order valence-electron chi connectivity index (χ1n) is 6.36. The lowest BCUT2D eigenvalue weighted by Crippen LogP contribution is -2.21. The molecule has 2 nitrogen and oxygen atoms in total. The van der Waals surface area contributed by atoms with Gasteiger partial charge in [0.05, 0.1) is 17.6 Å². The van der Waals surface area contributed by atoms with E-state index in [4.69, 9.17) is 11.6 Å². The number of rotatable bonds is 5. The van der Waals surface area contributed by atoms with Crippen molar-refractivity contribution in [2.45, 2.75) is 32.3 Å². The maximum Gasteiger partial charge on any atom is 0.110 e. The van der Waals surface area contributed by atoms with Gasteiger partial charge >= 0.3 is 0 Å². The molecule has 0 saturated heterocycles. The minimum atomic E-state index is 0.308. The first-order chi connectivity index (χ1) is 9.10. The number of nitrogens with zero attached hydrogens (tertiary/aromatic N) is 2. The van der Waals surface area contributed by atoms with Crippen LogP contribution in [0.1, 0.15) is 34.8 Å². The maximum absolute atomic E-state index is 5.80. The minimum Gasteiger partial charge on any atom is -0.293 e. The Morgan fingerprint density at radius 1 is 1.42 bits per heavy atom. The standard InChI is InChI=1S/C15H19ClN2S/c1-11-5-4-6-13(7-11)9-18(3)12(2)15-17-14(8-16)10-19-15/h4-7,10,12H,8-9H2,1-3H3. The number of hydrogen-bond acceptors (Lipinski definition) is 3. The lowest BCUT2D eigenvalue weighted by molar-refractivity contribution is 0.252. The molecule has 4 heteroatoms. The summed E-state index contributed by atoms with van der Waals surface area (Å²) in [5, 5.41) is 3.17. The number of halogens is 1. The van der Waals surface area contributed by atoms with E-state index >= 15 is 0 Å². The van der Waals surface area contributed by atoms with Gasteiger partial charge in [0.2, 0.25) is 0 Å². The SMILES string of the molecule is Cc1cccc(CN(C)C(C)c2nc(CCl)cs2)c1. The Morgan fingerprint density at radius 2 is 2.21 bits per heavy atom. The molecule has 0 aliphatic carbocycles. The van der Waals surface area contributed by atoms with Crippen molar-refractivity contribution < 1.29 is 0 Å². The fourth-order valence-corrected chi connectivity index (χ4v) is 3.17. The second kappa shape index (κ2) is 6.51. The molecule has 0 N–H and O–H groups in total. The van der Waals surface area contributed by atoms with Crippen LogP contribution in [0.4, 0.5) is 0 Å². The van der Waals surface area contributed by atoms with Crippen molar-refractivity contribution >= 4 is 22.9 Å². The monoisotopic (exact) mass is 294 g/mol. The number of benzene rings is 1. The maximum atomic E-state index is 5.80. The molecule has 0 saturated carbocycles. The molecule has 19 heavy (non-hydrogen) atoms. The average molecular weight is 295 g/mol. The summed E-state index contributed by atoms with van der Waals surface area (Å²) in [7, 11) is 2.13. The number of alkyl halides is 1. The molecular weight excluding hydrogens is 276 g/mol. The van der Waals surface area contributed by atoms with E-state index in [0.717, 1.165) is 17.2 Å². The molecule has 0 spiro atoms. The molecule has 1 atom stereocenters. The molecule has 0 bridgehead atoms. The van der Waals surface area contributed by atoms with Crippen molar-refractivity contribution in [2.75, 3.05) is 7.05 Å². The van der Waals surface area contributed by atoms with Crippen molar-refractivity contribution in [3.63, 3.8) is 0 Å². The van der Waals surface area contributed by atoms with E-state index in [9.17, 15) is 0 Å². The van der Waals surface area contributed by atoms with Gasteiger partial charge in [-0.2, -0.15) is 0 Å². The largest absolute Gasteiger partial charge is 0.293 e. The van der Waals surface area contributed by atoms with Crippen LogP contribution in [-0.4, -0.2) is 16.9 Å². The van der Waals surface area contributed by atoms with E-state index in [0.29, 0.717) is 11.9 Å². The first-order valence-corrected chi connectivity index (χ1v) is 7.77. The molecule has 1 aromatic carbocycles. The lowest BCUT2D eigenvalue weighted by Gasteiger charge is -2.23. The molecule has 1 aromatic heterocycles. The summed E-state index contributed by atoms with van der Waals surface area (Å²) in [5.41, 5.74) is 3.61. The molecule has 1 heterocycles. The van der Waals surface area contributed by atoms with Crippen molar-refractivity contribution in [1.29, 1.82) is 0 Å². The highest BCUT2D eigenvalue weighted by Gasteiger charge is 2.15. The molecule has 102 valence electrons. The van der Waals surface area contributed by atoms with Crippen LogP contribution >= 0.6 is 22.9 Å². The number of hydrogen-bond donors (Lipinski definition) is 0. The fourth-order valence-electron chi connectivity index (χ4n) is 2.00. The Morgan fingerprint density at radius 3 is 2.84 bits per heavy atom. The molecule has 0 radical (unpaired) electrons. The van der Waals surface area contributed by atoms with Crippen LogP contribution in [0.15, 0.2) is 29.6 Å². The quantitative estimate of drug-likeness (QED) is 0.761. The molecule has 2 rings (SSSR count). The first kappa shape index (κ1) is 14.5. The highest BCUT2D eigenvalue weighted by atomic mass is 35.5. The van der Waals surface area contributed by atoms with Crippen LogP contribution in [0, 0.1) is 6.92 Å². The number of aromatic nitrogens is 1. The molecular formula is C15H19ClN2S. The zero-order chi connectivity index (χ0) is 13.8. The summed E-state index contributed by atoms with van der Waals surface area (Å²) in [6, 6.07) is 8.94. The number of thiazole rings is 1. The van der Waals surface area contributed by atoms with E-state index in [1.54, 1.807) is 11.3 Å². The van der Waals surface area contributed by atoms with Gasteiger partial charge < -0.3 is 0 Å². The van der Waals surface area contributed by atoms with E-state index < -0.39 is 0 Å². The highest BCUT2D eigenvalue weighted by molar-refractivity contribution is 7.09.